The molecule has 10 nitrogen and oxygen atoms in total. The Morgan fingerprint density at radius 3 is 1.96 bits per heavy atom. The van der Waals surface area contributed by atoms with Crippen molar-refractivity contribution in [2.24, 2.45) is 0 Å². The number of carbonyl (C=O) groups is 2. The van der Waals surface area contributed by atoms with Crippen molar-refractivity contribution in [3.63, 3.8) is 0 Å². The van der Waals surface area contributed by atoms with E-state index in [0.717, 1.165) is 70.2 Å². The van der Waals surface area contributed by atoms with Gasteiger partial charge in [0.2, 0.25) is 0 Å². The molecular weight excluding hydrogens is 677 g/mol. The van der Waals surface area contributed by atoms with Gasteiger partial charge in [0.05, 0.1) is 30.2 Å². The van der Waals surface area contributed by atoms with Crippen molar-refractivity contribution in [3.05, 3.63) is 96.0 Å². The fourth-order valence-electron chi connectivity index (χ4n) is 7.02. The summed E-state index contributed by atoms with van der Waals surface area (Å²) in [5.41, 5.74) is 4.12. The predicted octanol–water partition coefficient (Wildman–Crippen LogP) is 9.17. The summed E-state index contributed by atoms with van der Waals surface area (Å²) in [5.74, 6) is 13.9. The number of imidazole rings is 2. The van der Waals surface area contributed by atoms with Gasteiger partial charge in [0.15, 0.2) is 0 Å². The Labute approximate surface area is 316 Å². The van der Waals surface area contributed by atoms with E-state index in [-0.39, 0.29) is 24.3 Å². The van der Waals surface area contributed by atoms with Gasteiger partial charge in [0.25, 0.3) is 0 Å². The van der Waals surface area contributed by atoms with Gasteiger partial charge in [-0.15, -0.1) is 0 Å². The number of aromatic nitrogens is 4. The van der Waals surface area contributed by atoms with Crippen LogP contribution in [0.5, 0.6) is 0 Å². The first-order valence-electron chi connectivity index (χ1n) is 18.6. The van der Waals surface area contributed by atoms with E-state index in [0.29, 0.717) is 24.6 Å². The first-order valence-corrected chi connectivity index (χ1v) is 18.6. The molecule has 3 aromatic carbocycles. The minimum atomic E-state index is -0.571. The molecule has 4 heterocycles. The molecule has 2 aliphatic rings. The van der Waals surface area contributed by atoms with E-state index in [1.807, 2.05) is 72.0 Å². The fourth-order valence-corrected chi connectivity index (χ4v) is 7.02. The van der Waals surface area contributed by atoms with Crippen molar-refractivity contribution in [2.75, 3.05) is 13.1 Å². The molecule has 2 fully saturated rings. The molecule has 0 radical (unpaired) electrons. The van der Waals surface area contributed by atoms with E-state index in [2.05, 4.69) is 75.0 Å². The predicted molar refractivity (Wildman–Crippen MR) is 209 cm³/mol. The molecule has 2 aliphatic heterocycles. The Balaban J connectivity index is 1.15. The fraction of sp³-hybridized carbons (Fsp3) is 0.364. The topological polar surface area (TPSA) is 116 Å². The number of benzene rings is 3. The molecule has 10 heteroatoms. The second-order valence-corrected chi connectivity index (χ2v) is 15.9. The second kappa shape index (κ2) is 14.8. The van der Waals surface area contributed by atoms with Gasteiger partial charge in [-0.1, -0.05) is 48.4 Å². The van der Waals surface area contributed by atoms with Crippen molar-refractivity contribution >= 4 is 23.0 Å². The van der Waals surface area contributed by atoms with Crippen LogP contribution in [0.2, 0.25) is 0 Å². The van der Waals surface area contributed by atoms with Crippen LogP contribution in [0, 0.1) is 23.7 Å². The van der Waals surface area contributed by atoms with Gasteiger partial charge in [-0.3, -0.25) is 9.80 Å². The molecule has 0 unspecified atom stereocenters. The third kappa shape index (κ3) is 8.29. The van der Waals surface area contributed by atoms with Crippen LogP contribution in [0.1, 0.15) is 102 Å². The third-order valence-electron chi connectivity index (χ3n) is 9.43. The number of hydrogen-bond acceptors (Lipinski definition) is 6. The summed E-state index contributed by atoms with van der Waals surface area (Å²) >= 11 is 0. The number of rotatable bonds is 4. The van der Waals surface area contributed by atoms with Crippen LogP contribution in [-0.4, -0.2) is 66.2 Å². The van der Waals surface area contributed by atoms with E-state index >= 15 is 0 Å². The average Bonchev–Trinajstić information content (AvgIpc) is 3.95. The summed E-state index contributed by atoms with van der Waals surface area (Å²) in [6.07, 6.45) is 6.24. The quantitative estimate of drug-likeness (QED) is 0.179. The van der Waals surface area contributed by atoms with Crippen LogP contribution in [0.4, 0.5) is 9.59 Å². The Kier molecular flexibility index (Phi) is 9.96. The lowest BCUT2D eigenvalue weighted by atomic mass is 9.95. The lowest BCUT2D eigenvalue weighted by Gasteiger charge is -2.27. The van der Waals surface area contributed by atoms with Gasteiger partial charge in [-0.25, -0.2) is 19.6 Å². The molecule has 0 spiro atoms. The van der Waals surface area contributed by atoms with Crippen molar-refractivity contribution in [1.82, 2.24) is 29.7 Å². The molecule has 276 valence electrons. The SMILES string of the molecule is CC(C)(C)OC(=O)N1CCC[C@H]1c1ncc(C#CC#Cc2ccc(-c3cnc([C@@H]4CCCN4C(=O)OC(C)(C)C)[nH]3)cc2-c2ccc3ccccc3c2)[nH]1. The van der Waals surface area contributed by atoms with E-state index in [1.165, 1.54) is 0 Å². The molecule has 0 aliphatic carbocycles. The molecule has 2 amide bonds. The van der Waals surface area contributed by atoms with Gasteiger partial charge < -0.3 is 19.4 Å². The average molecular weight is 723 g/mol. The van der Waals surface area contributed by atoms with Gasteiger partial charge in [-0.05, 0) is 125 Å². The maximum absolute atomic E-state index is 13.0. The number of ether oxygens (including phenoxy) is 2. The van der Waals surface area contributed by atoms with Crippen LogP contribution in [0.25, 0.3) is 33.2 Å². The van der Waals surface area contributed by atoms with Crippen LogP contribution in [0.15, 0.2) is 73.1 Å². The van der Waals surface area contributed by atoms with Crippen molar-refractivity contribution in [1.29, 1.82) is 0 Å². The van der Waals surface area contributed by atoms with E-state index in [9.17, 15) is 9.59 Å². The molecule has 2 aromatic heterocycles. The lowest BCUT2D eigenvalue weighted by Crippen LogP contribution is -2.36. The van der Waals surface area contributed by atoms with E-state index in [4.69, 9.17) is 14.5 Å². The number of nitrogens with zero attached hydrogens (tertiary/aromatic N) is 4. The summed E-state index contributed by atoms with van der Waals surface area (Å²) in [7, 11) is 0. The third-order valence-corrected chi connectivity index (χ3v) is 9.43. The van der Waals surface area contributed by atoms with E-state index < -0.39 is 11.2 Å². The summed E-state index contributed by atoms with van der Waals surface area (Å²) < 4.78 is 11.3. The van der Waals surface area contributed by atoms with Crippen LogP contribution in [0.3, 0.4) is 0 Å². The monoisotopic (exact) mass is 722 g/mol. The summed E-state index contributed by atoms with van der Waals surface area (Å²) in [6.45, 7) is 12.5. The van der Waals surface area contributed by atoms with E-state index in [1.54, 1.807) is 16.0 Å². The molecule has 7 rings (SSSR count). The number of nitrogens with one attached hydrogen (secondary N) is 2. The summed E-state index contributed by atoms with van der Waals surface area (Å²) in [4.78, 5) is 45.4. The molecule has 5 aromatic rings. The molecule has 2 atom stereocenters. The summed E-state index contributed by atoms with van der Waals surface area (Å²) in [5, 5.41) is 2.29. The van der Waals surface area contributed by atoms with Crippen LogP contribution in [-0.2, 0) is 9.47 Å². The maximum Gasteiger partial charge on any atom is 0.410 e. The highest BCUT2D eigenvalue weighted by Crippen LogP contribution is 2.35. The lowest BCUT2D eigenvalue weighted by molar-refractivity contribution is 0.0208. The zero-order valence-electron chi connectivity index (χ0n) is 31.7. The second-order valence-electron chi connectivity index (χ2n) is 15.9. The first kappa shape index (κ1) is 36.4. The standard InChI is InChI=1S/C44H46N6O4/c1-43(2,3)53-41(51)49-23-11-17-37(49)39-45-27-34(47-39)16-10-9-14-30-20-22-33(26-35(30)32-21-19-29-13-7-8-15-31(29)25-32)36-28-46-40(48-36)38-18-12-24-50(38)42(52)54-44(4,5)6/h7-8,13,15,19-22,25-28,37-38H,11-12,17-18,23-24H2,1-6H3,(H,45,47)(H,46,48)/t37-,38-/m0/s1. The van der Waals surface area contributed by atoms with Crippen molar-refractivity contribution < 1.29 is 19.1 Å². The number of hydrogen-bond donors (Lipinski definition) is 2. The molecule has 54 heavy (non-hydrogen) atoms. The zero-order valence-corrected chi connectivity index (χ0v) is 31.7. The van der Waals surface area contributed by atoms with Gasteiger partial charge >= 0.3 is 12.2 Å². The highest BCUT2D eigenvalue weighted by molar-refractivity contribution is 5.89. The summed E-state index contributed by atoms with van der Waals surface area (Å²) in [6, 6.07) is 20.5. The largest absolute Gasteiger partial charge is 0.444 e. The Bertz CT molecular complexity index is 2320. The van der Waals surface area contributed by atoms with Crippen molar-refractivity contribution in [3.8, 4) is 46.1 Å². The van der Waals surface area contributed by atoms with Gasteiger partial charge in [0.1, 0.15) is 28.5 Å². The Morgan fingerprint density at radius 1 is 0.704 bits per heavy atom. The number of amides is 2. The zero-order chi connectivity index (χ0) is 38.0. The number of fused-ring (bicyclic) bond motifs is 1. The minimum Gasteiger partial charge on any atom is -0.444 e. The van der Waals surface area contributed by atoms with Gasteiger partial charge in [-0.2, -0.15) is 0 Å². The number of aromatic amines is 2. The molecular formula is C44H46N6O4. The Morgan fingerprint density at radius 2 is 1.30 bits per heavy atom. The highest BCUT2D eigenvalue weighted by Gasteiger charge is 2.36. The number of H-pyrrole nitrogens is 2. The minimum absolute atomic E-state index is 0.176. The molecule has 0 bridgehead atoms. The first-order chi connectivity index (χ1) is 25.8. The smallest absolute Gasteiger partial charge is 0.410 e. The van der Waals surface area contributed by atoms with Crippen LogP contribution < -0.4 is 0 Å². The highest BCUT2D eigenvalue weighted by atomic mass is 16.6. The number of carbonyl (C=O) groups excluding carboxylic acids is 2. The van der Waals surface area contributed by atoms with Crippen LogP contribution >= 0.6 is 0 Å². The van der Waals surface area contributed by atoms with Gasteiger partial charge in [0, 0.05) is 24.2 Å². The Hall–Kier alpha value is -6.00. The normalized spacial score (nSPS) is 17.1. The number of likely N-dealkylation sites (tertiary alicyclic amines) is 2. The van der Waals surface area contributed by atoms with Crippen molar-refractivity contribution in [2.45, 2.75) is 90.5 Å². The molecule has 2 N–H and O–H groups in total. The molecule has 2 saturated heterocycles. The maximum atomic E-state index is 13.0. The molecule has 0 saturated carbocycles.